The number of rotatable bonds is 2. The molecule has 1 aromatic rings. The molecule has 98 valence electrons. The lowest BCUT2D eigenvalue weighted by Crippen LogP contribution is -2.38. The van der Waals surface area contributed by atoms with Gasteiger partial charge in [-0.2, -0.15) is 9.59 Å². The van der Waals surface area contributed by atoms with Crippen LogP contribution in [0.15, 0.2) is 18.5 Å². The fourth-order valence-corrected chi connectivity index (χ4v) is 1.96. The van der Waals surface area contributed by atoms with E-state index < -0.39 is 0 Å². The second kappa shape index (κ2) is 7.55. The molecular weight excluding hydrogens is 234 g/mol. The van der Waals surface area contributed by atoms with Crippen LogP contribution in [0.4, 0.5) is 5.69 Å². The zero-order valence-corrected chi connectivity index (χ0v) is 10.3. The Balaban J connectivity index is 0.000000492. The molecule has 1 unspecified atom stereocenters. The van der Waals surface area contributed by atoms with Crippen LogP contribution in [0.2, 0.25) is 0 Å². The number of anilines is 1. The molecule has 1 saturated heterocycles. The van der Waals surface area contributed by atoms with Gasteiger partial charge in [0.05, 0.1) is 25.1 Å². The van der Waals surface area contributed by atoms with Crippen LogP contribution < -0.4 is 5.73 Å². The predicted octanol–water partition coefficient (Wildman–Crippen LogP) is 0.473. The fourth-order valence-electron chi connectivity index (χ4n) is 1.96. The lowest BCUT2D eigenvalue weighted by molar-refractivity contribution is -0.191. The van der Waals surface area contributed by atoms with Gasteiger partial charge in [-0.05, 0) is 18.6 Å². The van der Waals surface area contributed by atoms with E-state index in [0.717, 1.165) is 37.6 Å². The second-order valence-corrected chi connectivity index (χ2v) is 3.91. The first kappa shape index (κ1) is 14.3. The van der Waals surface area contributed by atoms with Crippen molar-refractivity contribution in [3.8, 4) is 0 Å². The van der Waals surface area contributed by atoms with E-state index in [-0.39, 0.29) is 6.15 Å². The largest absolute Gasteiger partial charge is 0.397 e. The van der Waals surface area contributed by atoms with E-state index >= 15 is 0 Å². The number of morpholine rings is 1. The average Bonchev–Trinajstić information content (AvgIpc) is 2.40. The van der Waals surface area contributed by atoms with Crippen LogP contribution in [-0.2, 0) is 14.3 Å². The molecule has 0 aromatic carbocycles. The molecular formula is C12H17N3O3. The molecule has 1 aliphatic rings. The van der Waals surface area contributed by atoms with Crippen molar-refractivity contribution in [1.29, 1.82) is 0 Å². The van der Waals surface area contributed by atoms with Gasteiger partial charge in [0.2, 0.25) is 0 Å². The molecule has 2 heterocycles. The summed E-state index contributed by atoms with van der Waals surface area (Å²) in [5.74, 6) is 0. The first-order valence-corrected chi connectivity index (χ1v) is 5.71. The number of nitrogens with zero attached hydrogens (tertiary/aromatic N) is 2. The van der Waals surface area contributed by atoms with Gasteiger partial charge < -0.3 is 10.5 Å². The molecule has 1 atom stereocenters. The molecule has 0 spiro atoms. The molecule has 0 amide bonds. The third kappa shape index (κ3) is 3.92. The van der Waals surface area contributed by atoms with Crippen LogP contribution in [0.25, 0.3) is 0 Å². The topological polar surface area (TPSA) is 85.5 Å². The third-order valence-corrected chi connectivity index (χ3v) is 2.93. The van der Waals surface area contributed by atoms with E-state index in [1.54, 1.807) is 12.4 Å². The van der Waals surface area contributed by atoms with Gasteiger partial charge in [-0.1, -0.05) is 0 Å². The summed E-state index contributed by atoms with van der Waals surface area (Å²) in [4.78, 5) is 22.6. The Bertz CT molecular complexity index is 399. The summed E-state index contributed by atoms with van der Waals surface area (Å²) in [6.45, 7) is 5.76. The minimum Gasteiger partial charge on any atom is -0.397 e. The van der Waals surface area contributed by atoms with Crippen molar-refractivity contribution in [3.05, 3.63) is 24.0 Å². The number of ether oxygens (including phenoxy) is 1. The highest BCUT2D eigenvalue weighted by atomic mass is 16.5. The van der Waals surface area contributed by atoms with Gasteiger partial charge in [-0.15, -0.1) is 0 Å². The lowest BCUT2D eigenvalue weighted by Gasteiger charge is -2.32. The molecule has 1 aromatic heterocycles. The maximum atomic E-state index is 8.12. The summed E-state index contributed by atoms with van der Waals surface area (Å²) >= 11 is 0. The monoisotopic (exact) mass is 251 g/mol. The molecule has 2 N–H and O–H groups in total. The van der Waals surface area contributed by atoms with Gasteiger partial charge in [0, 0.05) is 25.3 Å². The zero-order valence-electron chi connectivity index (χ0n) is 10.3. The van der Waals surface area contributed by atoms with Crippen molar-refractivity contribution in [1.82, 2.24) is 9.88 Å². The zero-order chi connectivity index (χ0) is 13.4. The van der Waals surface area contributed by atoms with Crippen molar-refractivity contribution < 1.29 is 14.3 Å². The molecule has 18 heavy (non-hydrogen) atoms. The highest BCUT2D eigenvalue weighted by Crippen LogP contribution is 2.24. The van der Waals surface area contributed by atoms with E-state index in [1.165, 1.54) is 0 Å². The lowest BCUT2D eigenvalue weighted by atomic mass is 10.1. The SMILES string of the molecule is CC(c1ccncc1N)N1CCOCC1.O=C=O. The number of hydrogen-bond donors (Lipinski definition) is 1. The molecule has 0 radical (unpaired) electrons. The Morgan fingerprint density at radius 2 is 2.06 bits per heavy atom. The maximum Gasteiger partial charge on any atom is 0.373 e. The number of aromatic nitrogens is 1. The predicted molar refractivity (Wildman–Crippen MR) is 64.5 cm³/mol. The molecule has 1 aliphatic heterocycles. The number of nitrogen functional groups attached to an aromatic ring is 1. The van der Waals surface area contributed by atoms with Crippen molar-refractivity contribution in [3.63, 3.8) is 0 Å². The van der Waals surface area contributed by atoms with Crippen LogP contribution in [0.3, 0.4) is 0 Å². The van der Waals surface area contributed by atoms with Crippen molar-refractivity contribution in [2.75, 3.05) is 32.0 Å². The summed E-state index contributed by atoms with van der Waals surface area (Å²) in [6.07, 6.45) is 3.76. The van der Waals surface area contributed by atoms with E-state index in [2.05, 4.69) is 16.8 Å². The average molecular weight is 251 g/mol. The number of carbonyl (C=O) groups excluding carboxylic acids is 2. The molecule has 2 rings (SSSR count). The minimum atomic E-state index is 0.250. The summed E-state index contributed by atoms with van der Waals surface area (Å²) in [5.41, 5.74) is 7.84. The van der Waals surface area contributed by atoms with Gasteiger partial charge in [0.15, 0.2) is 0 Å². The van der Waals surface area contributed by atoms with Crippen LogP contribution in [0, 0.1) is 0 Å². The summed E-state index contributed by atoms with van der Waals surface area (Å²) < 4.78 is 5.33. The first-order chi connectivity index (χ1) is 8.70. The normalized spacial score (nSPS) is 17.2. The van der Waals surface area contributed by atoms with Crippen LogP contribution in [0.1, 0.15) is 18.5 Å². The Morgan fingerprint density at radius 3 is 2.61 bits per heavy atom. The standard InChI is InChI=1S/C11H17N3O.CO2/c1-9(14-4-6-15-7-5-14)10-2-3-13-8-11(10)12;2-1-3/h2-3,8-9H,4-7,12H2,1H3;. The minimum absolute atomic E-state index is 0.250. The number of pyridine rings is 1. The van der Waals surface area contributed by atoms with Gasteiger partial charge in [0.1, 0.15) is 0 Å². The maximum absolute atomic E-state index is 8.12. The highest BCUT2D eigenvalue weighted by molar-refractivity contribution is 5.45. The smallest absolute Gasteiger partial charge is 0.373 e. The van der Waals surface area contributed by atoms with Crippen molar-refractivity contribution in [2.45, 2.75) is 13.0 Å². The van der Waals surface area contributed by atoms with E-state index in [9.17, 15) is 0 Å². The van der Waals surface area contributed by atoms with Crippen molar-refractivity contribution >= 4 is 11.8 Å². The van der Waals surface area contributed by atoms with Gasteiger partial charge in [0.25, 0.3) is 0 Å². The van der Waals surface area contributed by atoms with E-state index in [0.29, 0.717) is 6.04 Å². The Hall–Kier alpha value is -1.75. The van der Waals surface area contributed by atoms with Gasteiger partial charge >= 0.3 is 6.15 Å². The summed E-state index contributed by atoms with van der Waals surface area (Å²) in [7, 11) is 0. The Morgan fingerprint density at radius 1 is 1.44 bits per heavy atom. The van der Waals surface area contributed by atoms with E-state index in [4.69, 9.17) is 20.1 Å². The Labute approximate surface area is 106 Å². The van der Waals surface area contributed by atoms with Crippen LogP contribution >= 0.6 is 0 Å². The van der Waals surface area contributed by atoms with E-state index in [1.807, 2.05) is 6.07 Å². The Kier molecular flexibility index (Phi) is 6.00. The van der Waals surface area contributed by atoms with Gasteiger partial charge in [-0.3, -0.25) is 9.88 Å². The molecule has 0 saturated carbocycles. The molecule has 6 nitrogen and oxygen atoms in total. The van der Waals surface area contributed by atoms with Crippen molar-refractivity contribution in [2.24, 2.45) is 0 Å². The first-order valence-electron chi connectivity index (χ1n) is 5.71. The van der Waals surface area contributed by atoms with Crippen LogP contribution in [0.5, 0.6) is 0 Å². The summed E-state index contributed by atoms with van der Waals surface area (Å²) in [6, 6.07) is 2.34. The molecule has 0 bridgehead atoms. The third-order valence-electron chi connectivity index (χ3n) is 2.93. The van der Waals surface area contributed by atoms with Gasteiger partial charge in [-0.25, -0.2) is 0 Å². The molecule has 6 heteroatoms. The highest BCUT2D eigenvalue weighted by Gasteiger charge is 2.19. The fraction of sp³-hybridized carbons (Fsp3) is 0.500. The molecule has 0 aliphatic carbocycles. The quantitative estimate of drug-likeness (QED) is 0.822. The summed E-state index contributed by atoms with van der Waals surface area (Å²) in [5, 5.41) is 0. The molecule has 1 fully saturated rings. The number of nitrogens with two attached hydrogens (primary N) is 1. The number of hydrogen-bond acceptors (Lipinski definition) is 6. The second-order valence-electron chi connectivity index (χ2n) is 3.91. The van der Waals surface area contributed by atoms with Crippen LogP contribution in [-0.4, -0.2) is 42.3 Å².